The Morgan fingerprint density at radius 3 is 2.69 bits per heavy atom. The molecule has 3 aliphatic carbocycles. The number of carbonyl (C=O) groups is 1. The molecule has 4 N–H and O–H groups in total. The van der Waals surface area contributed by atoms with Crippen molar-refractivity contribution in [3.63, 3.8) is 0 Å². The van der Waals surface area contributed by atoms with Crippen molar-refractivity contribution in [1.29, 1.82) is 0 Å². The maximum absolute atomic E-state index is 11.4. The van der Waals surface area contributed by atoms with E-state index < -0.39 is 0 Å². The molecular weight excluding hydrogens is 200 g/mol. The number of rotatable bonds is 1. The van der Waals surface area contributed by atoms with Crippen molar-refractivity contribution in [1.82, 2.24) is 0 Å². The Morgan fingerprint density at radius 2 is 2.06 bits per heavy atom. The van der Waals surface area contributed by atoms with E-state index in [2.05, 4.69) is 0 Å². The molecule has 0 aliphatic heterocycles. The van der Waals surface area contributed by atoms with Crippen LogP contribution in [0.4, 0.5) is 0 Å². The zero-order valence-corrected chi connectivity index (χ0v) is 9.82. The summed E-state index contributed by atoms with van der Waals surface area (Å²) in [7, 11) is 0. The summed E-state index contributed by atoms with van der Waals surface area (Å²) in [5.41, 5.74) is 12.2. The van der Waals surface area contributed by atoms with Gasteiger partial charge in [-0.3, -0.25) is 4.79 Å². The summed E-state index contributed by atoms with van der Waals surface area (Å²) in [6, 6.07) is 0.341. The normalized spacial score (nSPS) is 51.1. The van der Waals surface area contributed by atoms with Gasteiger partial charge in [0, 0.05) is 12.0 Å². The van der Waals surface area contributed by atoms with E-state index in [4.69, 9.17) is 11.5 Å². The SMILES string of the molecule is NC(=O)C1CCCC2(C1)C1CCC(C1)[C@H]2N. The molecule has 3 aliphatic rings. The van der Waals surface area contributed by atoms with Crippen LogP contribution in [0, 0.1) is 23.2 Å². The van der Waals surface area contributed by atoms with Crippen LogP contribution in [-0.4, -0.2) is 11.9 Å². The summed E-state index contributed by atoms with van der Waals surface area (Å²) >= 11 is 0. The largest absolute Gasteiger partial charge is 0.369 e. The van der Waals surface area contributed by atoms with Gasteiger partial charge >= 0.3 is 0 Å². The number of carbonyl (C=O) groups excluding carboxylic acids is 1. The molecule has 3 saturated carbocycles. The lowest BCUT2D eigenvalue weighted by atomic mass is 9.59. The summed E-state index contributed by atoms with van der Waals surface area (Å²) in [5.74, 6) is 1.51. The van der Waals surface area contributed by atoms with Crippen LogP contribution in [0.5, 0.6) is 0 Å². The van der Waals surface area contributed by atoms with Crippen LogP contribution in [-0.2, 0) is 4.79 Å². The van der Waals surface area contributed by atoms with Crippen LogP contribution in [0.25, 0.3) is 0 Å². The molecule has 0 saturated heterocycles. The van der Waals surface area contributed by atoms with E-state index in [1.165, 1.54) is 25.7 Å². The lowest BCUT2D eigenvalue weighted by molar-refractivity contribution is -0.125. The first kappa shape index (κ1) is 10.6. The molecular formula is C13H22N2O. The zero-order valence-electron chi connectivity index (χ0n) is 9.82. The maximum Gasteiger partial charge on any atom is 0.220 e. The summed E-state index contributed by atoms with van der Waals surface area (Å²) < 4.78 is 0. The molecule has 0 radical (unpaired) electrons. The lowest BCUT2D eigenvalue weighted by Crippen LogP contribution is -2.50. The molecule has 0 aromatic carbocycles. The van der Waals surface area contributed by atoms with Crippen LogP contribution in [0.2, 0.25) is 0 Å². The highest BCUT2D eigenvalue weighted by atomic mass is 16.1. The third-order valence-corrected chi connectivity index (χ3v) is 5.68. The topological polar surface area (TPSA) is 69.1 Å². The number of fused-ring (bicyclic) bond motifs is 3. The van der Waals surface area contributed by atoms with Crippen molar-refractivity contribution in [2.45, 2.75) is 51.0 Å². The van der Waals surface area contributed by atoms with Crippen LogP contribution < -0.4 is 11.5 Å². The maximum atomic E-state index is 11.4. The highest BCUT2D eigenvalue weighted by Crippen LogP contribution is 2.61. The molecule has 90 valence electrons. The van der Waals surface area contributed by atoms with Crippen LogP contribution >= 0.6 is 0 Å². The predicted octanol–water partition coefficient (Wildman–Crippen LogP) is 1.41. The Labute approximate surface area is 96.9 Å². The van der Waals surface area contributed by atoms with Gasteiger partial charge in [0.25, 0.3) is 0 Å². The van der Waals surface area contributed by atoms with Gasteiger partial charge in [0.05, 0.1) is 0 Å². The first-order valence-electron chi connectivity index (χ1n) is 6.68. The first-order valence-corrected chi connectivity index (χ1v) is 6.68. The molecule has 4 unspecified atom stereocenters. The number of amides is 1. The number of hydrogen-bond donors (Lipinski definition) is 2. The standard InChI is InChI=1S/C13H22N2O/c14-11-8-3-4-10(6-8)13(11)5-1-2-9(7-13)12(15)16/h8-11H,1-7,14H2,(H2,15,16)/t8?,9?,10?,11-,13?/m1/s1. The van der Waals surface area contributed by atoms with Gasteiger partial charge in [0.1, 0.15) is 0 Å². The molecule has 5 atom stereocenters. The van der Waals surface area contributed by atoms with Gasteiger partial charge in [0.2, 0.25) is 5.91 Å². The van der Waals surface area contributed by atoms with Gasteiger partial charge in [0.15, 0.2) is 0 Å². The van der Waals surface area contributed by atoms with Gasteiger partial charge in [-0.15, -0.1) is 0 Å². The van der Waals surface area contributed by atoms with Gasteiger partial charge in [-0.1, -0.05) is 6.42 Å². The Bertz CT molecular complexity index is 313. The Morgan fingerprint density at radius 1 is 1.25 bits per heavy atom. The van der Waals surface area contributed by atoms with E-state index in [0.29, 0.717) is 6.04 Å². The van der Waals surface area contributed by atoms with Gasteiger partial charge < -0.3 is 11.5 Å². The summed E-state index contributed by atoms with van der Waals surface area (Å²) in [5, 5.41) is 0. The average Bonchev–Trinajstić information content (AvgIpc) is 2.84. The zero-order chi connectivity index (χ0) is 11.3. The fourth-order valence-corrected chi connectivity index (χ4v) is 4.86. The fraction of sp³-hybridized carbons (Fsp3) is 0.923. The minimum Gasteiger partial charge on any atom is -0.369 e. The van der Waals surface area contributed by atoms with Crippen LogP contribution in [0.1, 0.15) is 44.9 Å². The quantitative estimate of drug-likeness (QED) is 0.704. The average molecular weight is 222 g/mol. The van der Waals surface area contributed by atoms with Crippen molar-refractivity contribution in [2.75, 3.05) is 0 Å². The van der Waals surface area contributed by atoms with E-state index in [-0.39, 0.29) is 17.2 Å². The third kappa shape index (κ3) is 1.27. The highest BCUT2D eigenvalue weighted by Gasteiger charge is 2.57. The number of primary amides is 1. The predicted molar refractivity (Wildman–Crippen MR) is 62.4 cm³/mol. The van der Waals surface area contributed by atoms with Crippen LogP contribution in [0.3, 0.4) is 0 Å². The Kier molecular flexibility index (Phi) is 2.29. The second-order valence-electron chi connectivity index (χ2n) is 6.22. The monoisotopic (exact) mass is 222 g/mol. The molecule has 0 aromatic rings. The Balaban J connectivity index is 1.85. The second-order valence-corrected chi connectivity index (χ2v) is 6.22. The summed E-state index contributed by atoms with van der Waals surface area (Å²) in [6.07, 6.45) is 8.31. The van der Waals surface area contributed by atoms with E-state index >= 15 is 0 Å². The minimum atomic E-state index is -0.103. The highest BCUT2D eigenvalue weighted by molar-refractivity contribution is 5.76. The van der Waals surface area contributed by atoms with Crippen molar-refractivity contribution in [3.05, 3.63) is 0 Å². The molecule has 1 spiro atoms. The van der Waals surface area contributed by atoms with Crippen molar-refractivity contribution >= 4 is 5.91 Å². The number of hydrogen-bond acceptors (Lipinski definition) is 2. The third-order valence-electron chi connectivity index (χ3n) is 5.68. The first-order chi connectivity index (χ1) is 7.63. The molecule has 1 amide bonds. The number of nitrogens with two attached hydrogens (primary N) is 2. The fourth-order valence-electron chi connectivity index (χ4n) is 4.86. The second kappa shape index (κ2) is 3.46. The molecule has 0 heterocycles. The van der Waals surface area contributed by atoms with Gasteiger partial charge in [-0.05, 0) is 55.8 Å². The van der Waals surface area contributed by atoms with E-state index in [1.54, 1.807) is 0 Å². The molecule has 3 fully saturated rings. The minimum absolute atomic E-state index is 0.0964. The van der Waals surface area contributed by atoms with Crippen molar-refractivity contribution in [2.24, 2.45) is 34.6 Å². The van der Waals surface area contributed by atoms with Gasteiger partial charge in [-0.25, -0.2) is 0 Å². The lowest BCUT2D eigenvalue weighted by Gasteiger charge is -2.47. The Hall–Kier alpha value is -0.570. The molecule has 3 heteroatoms. The van der Waals surface area contributed by atoms with Crippen molar-refractivity contribution in [3.8, 4) is 0 Å². The molecule has 3 nitrogen and oxygen atoms in total. The summed E-state index contributed by atoms with van der Waals surface area (Å²) in [6.45, 7) is 0. The van der Waals surface area contributed by atoms with E-state index in [1.807, 2.05) is 0 Å². The summed E-state index contributed by atoms with van der Waals surface area (Å²) in [4.78, 5) is 11.4. The van der Waals surface area contributed by atoms with Gasteiger partial charge in [-0.2, -0.15) is 0 Å². The van der Waals surface area contributed by atoms with E-state index in [9.17, 15) is 4.79 Å². The molecule has 16 heavy (non-hydrogen) atoms. The molecule has 0 aromatic heterocycles. The van der Waals surface area contributed by atoms with E-state index in [0.717, 1.165) is 31.1 Å². The molecule has 2 bridgehead atoms. The van der Waals surface area contributed by atoms with Crippen molar-refractivity contribution < 1.29 is 4.79 Å². The van der Waals surface area contributed by atoms with Crippen LogP contribution in [0.15, 0.2) is 0 Å². The smallest absolute Gasteiger partial charge is 0.220 e. The molecule has 3 rings (SSSR count).